The molecule has 128 valence electrons. The Kier molecular flexibility index (Phi) is 4.13. The summed E-state index contributed by atoms with van der Waals surface area (Å²) in [5, 5.41) is 9.74. The summed E-state index contributed by atoms with van der Waals surface area (Å²) in [5.74, 6) is 0.626. The predicted molar refractivity (Wildman–Crippen MR) is 84.8 cm³/mol. The lowest BCUT2D eigenvalue weighted by atomic mass is 9.90. The molecular formula is C16H20FN5O2. The van der Waals surface area contributed by atoms with E-state index in [1.54, 1.807) is 24.1 Å². The van der Waals surface area contributed by atoms with E-state index in [1.807, 2.05) is 13.8 Å². The van der Waals surface area contributed by atoms with Crippen LogP contribution in [0.1, 0.15) is 37.7 Å². The highest BCUT2D eigenvalue weighted by molar-refractivity contribution is 5.74. The summed E-state index contributed by atoms with van der Waals surface area (Å²) in [6.45, 7) is 4.05. The van der Waals surface area contributed by atoms with E-state index in [4.69, 9.17) is 4.74 Å². The number of carbonyl (C=O) groups excluding carboxylic acids is 1. The maximum Gasteiger partial charge on any atom is 0.315 e. The van der Waals surface area contributed by atoms with E-state index in [0.29, 0.717) is 18.0 Å². The average Bonchev–Trinajstić information content (AvgIpc) is 2.89. The molecule has 2 aromatic rings. The summed E-state index contributed by atoms with van der Waals surface area (Å²) in [5.41, 5.74) is 0.267. The van der Waals surface area contributed by atoms with Gasteiger partial charge in [0.1, 0.15) is 23.5 Å². The highest BCUT2D eigenvalue weighted by Gasteiger charge is 2.34. The van der Waals surface area contributed by atoms with Crippen molar-refractivity contribution in [1.29, 1.82) is 0 Å². The molecule has 24 heavy (non-hydrogen) atoms. The monoisotopic (exact) mass is 333 g/mol. The van der Waals surface area contributed by atoms with Gasteiger partial charge >= 0.3 is 6.03 Å². The Hall–Kier alpha value is -2.64. The predicted octanol–water partition coefficient (Wildman–Crippen LogP) is 2.06. The zero-order chi connectivity index (χ0) is 17.3. The van der Waals surface area contributed by atoms with E-state index < -0.39 is 5.60 Å². The van der Waals surface area contributed by atoms with Gasteiger partial charge in [-0.3, -0.25) is 4.68 Å². The molecule has 3 rings (SSSR count). The standard InChI is InChI=1S/C16H20FN5O2/c1-16(2)7-12(11-5-4-10(17)6-13(11)24-16)20-15(23)18-8-14-19-9-22(3)21-14/h4-6,9,12H,7-8H2,1-3H3,(H2,18,20,23). The lowest BCUT2D eigenvalue weighted by Gasteiger charge is -2.37. The number of carbonyl (C=O) groups is 1. The molecule has 0 radical (unpaired) electrons. The van der Waals surface area contributed by atoms with Crippen molar-refractivity contribution in [3.05, 3.63) is 41.7 Å². The summed E-state index contributed by atoms with van der Waals surface area (Å²) in [7, 11) is 1.76. The fourth-order valence-corrected chi connectivity index (χ4v) is 2.79. The Morgan fingerprint density at radius 2 is 2.29 bits per heavy atom. The van der Waals surface area contributed by atoms with Gasteiger partial charge in [0.2, 0.25) is 0 Å². The minimum absolute atomic E-state index is 0.232. The number of hydrogen-bond acceptors (Lipinski definition) is 4. The maximum absolute atomic E-state index is 13.5. The van der Waals surface area contributed by atoms with Gasteiger partial charge in [-0.15, -0.1) is 0 Å². The molecule has 2 N–H and O–H groups in total. The molecule has 1 atom stereocenters. The van der Waals surface area contributed by atoms with Crippen molar-refractivity contribution in [3.63, 3.8) is 0 Å². The topological polar surface area (TPSA) is 81.1 Å². The lowest BCUT2D eigenvalue weighted by molar-refractivity contribution is 0.0674. The molecule has 0 aliphatic carbocycles. The number of fused-ring (bicyclic) bond motifs is 1. The van der Waals surface area contributed by atoms with Gasteiger partial charge < -0.3 is 15.4 Å². The maximum atomic E-state index is 13.5. The first-order chi connectivity index (χ1) is 11.3. The summed E-state index contributed by atoms with van der Waals surface area (Å²) in [6.07, 6.45) is 2.15. The first-order valence-corrected chi connectivity index (χ1v) is 7.70. The number of aryl methyl sites for hydroxylation is 1. The van der Waals surface area contributed by atoms with Crippen molar-refractivity contribution >= 4 is 6.03 Å². The summed E-state index contributed by atoms with van der Waals surface area (Å²) in [4.78, 5) is 16.2. The van der Waals surface area contributed by atoms with Gasteiger partial charge in [0.15, 0.2) is 5.82 Å². The number of nitrogens with zero attached hydrogens (tertiary/aromatic N) is 3. The van der Waals surface area contributed by atoms with Gasteiger partial charge in [-0.1, -0.05) is 6.07 Å². The molecule has 1 aliphatic heterocycles. The number of benzene rings is 1. The van der Waals surface area contributed by atoms with Gasteiger partial charge in [0.05, 0.1) is 12.6 Å². The number of ether oxygens (including phenoxy) is 1. The third kappa shape index (κ3) is 3.64. The SMILES string of the molecule is Cn1cnc(CNC(=O)NC2CC(C)(C)Oc3cc(F)ccc32)n1. The van der Waals surface area contributed by atoms with Crippen molar-refractivity contribution in [1.82, 2.24) is 25.4 Å². The van der Waals surface area contributed by atoms with Gasteiger partial charge in [-0.2, -0.15) is 5.10 Å². The Bertz CT molecular complexity index is 759. The first-order valence-electron chi connectivity index (χ1n) is 7.70. The number of halogens is 1. The largest absolute Gasteiger partial charge is 0.487 e. The molecule has 2 heterocycles. The van der Waals surface area contributed by atoms with Crippen LogP contribution in [0.4, 0.5) is 9.18 Å². The zero-order valence-corrected chi connectivity index (χ0v) is 13.8. The third-order valence-corrected chi connectivity index (χ3v) is 3.79. The second kappa shape index (κ2) is 6.10. The van der Waals surface area contributed by atoms with E-state index in [0.717, 1.165) is 5.56 Å². The van der Waals surface area contributed by atoms with Crippen LogP contribution < -0.4 is 15.4 Å². The van der Waals surface area contributed by atoms with E-state index in [2.05, 4.69) is 20.7 Å². The lowest BCUT2D eigenvalue weighted by Crippen LogP contribution is -2.44. The van der Waals surface area contributed by atoms with Crippen molar-refractivity contribution in [3.8, 4) is 5.75 Å². The second-order valence-electron chi connectivity index (χ2n) is 6.46. The third-order valence-electron chi connectivity index (χ3n) is 3.79. The van der Waals surface area contributed by atoms with Crippen LogP contribution in [0.5, 0.6) is 5.75 Å². The number of hydrogen-bond donors (Lipinski definition) is 2. The Labute approximate surface area is 139 Å². The molecule has 1 aromatic heterocycles. The number of rotatable bonds is 3. The smallest absolute Gasteiger partial charge is 0.315 e. The highest BCUT2D eigenvalue weighted by Crippen LogP contribution is 2.39. The van der Waals surface area contributed by atoms with Crippen LogP contribution >= 0.6 is 0 Å². The fraction of sp³-hybridized carbons (Fsp3) is 0.438. The minimum Gasteiger partial charge on any atom is -0.487 e. The van der Waals surface area contributed by atoms with Crippen LogP contribution in [0.25, 0.3) is 0 Å². The van der Waals surface area contributed by atoms with Crippen molar-refractivity contribution in [2.24, 2.45) is 7.05 Å². The summed E-state index contributed by atoms with van der Waals surface area (Å²) in [6, 6.07) is 3.76. The zero-order valence-electron chi connectivity index (χ0n) is 13.8. The molecule has 8 heteroatoms. The molecule has 1 aliphatic rings. The van der Waals surface area contributed by atoms with Crippen LogP contribution in [0.2, 0.25) is 0 Å². The summed E-state index contributed by atoms with van der Waals surface area (Å²) >= 11 is 0. The van der Waals surface area contributed by atoms with Crippen molar-refractivity contribution in [2.75, 3.05) is 0 Å². The van der Waals surface area contributed by atoms with E-state index in [9.17, 15) is 9.18 Å². The van der Waals surface area contributed by atoms with Crippen molar-refractivity contribution in [2.45, 2.75) is 38.5 Å². The molecular weight excluding hydrogens is 313 g/mol. The van der Waals surface area contributed by atoms with Crippen LogP contribution in [0.15, 0.2) is 24.5 Å². The van der Waals surface area contributed by atoms with E-state index in [-0.39, 0.29) is 24.4 Å². The Morgan fingerprint density at radius 1 is 1.50 bits per heavy atom. The number of nitrogens with one attached hydrogen (secondary N) is 2. The van der Waals surface area contributed by atoms with Gasteiger partial charge in [0.25, 0.3) is 0 Å². The fourth-order valence-electron chi connectivity index (χ4n) is 2.79. The molecule has 1 unspecified atom stereocenters. The van der Waals surface area contributed by atoms with Gasteiger partial charge in [0, 0.05) is 25.1 Å². The molecule has 1 aromatic carbocycles. The normalized spacial score (nSPS) is 18.4. The van der Waals surface area contributed by atoms with Gasteiger partial charge in [-0.25, -0.2) is 14.2 Å². The molecule has 0 saturated carbocycles. The second-order valence-corrected chi connectivity index (χ2v) is 6.46. The van der Waals surface area contributed by atoms with E-state index >= 15 is 0 Å². The average molecular weight is 333 g/mol. The molecule has 0 spiro atoms. The molecule has 7 nitrogen and oxygen atoms in total. The number of urea groups is 1. The summed E-state index contributed by atoms with van der Waals surface area (Å²) < 4.78 is 20.8. The van der Waals surface area contributed by atoms with Gasteiger partial charge in [-0.05, 0) is 19.9 Å². The molecule has 0 fully saturated rings. The number of amides is 2. The minimum atomic E-state index is -0.499. The molecule has 0 bridgehead atoms. The Morgan fingerprint density at radius 3 is 3.00 bits per heavy atom. The first kappa shape index (κ1) is 16.2. The molecule has 2 amide bonds. The van der Waals surface area contributed by atoms with E-state index in [1.165, 1.54) is 12.1 Å². The van der Waals surface area contributed by atoms with Crippen LogP contribution in [-0.4, -0.2) is 26.4 Å². The Balaban J connectivity index is 1.68. The van der Waals surface area contributed by atoms with Crippen molar-refractivity contribution < 1.29 is 13.9 Å². The van der Waals surface area contributed by atoms with Crippen LogP contribution in [0, 0.1) is 5.82 Å². The van der Waals surface area contributed by atoms with Crippen LogP contribution in [-0.2, 0) is 13.6 Å². The number of aromatic nitrogens is 3. The molecule has 0 saturated heterocycles. The highest BCUT2D eigenvalue weighted by atomic mass is 19.1. The quantitative estimate of drug-likeness (QED) is 0.901. The van der Waals surface area contributed by atoms with Crippen LogP contribution in [0.3, 0.4) is 0 Å².